The van der Waals surface area contributed by atoms with Crippen LogP contribution in [0.3, 0.4) is 0 Å². The maximum Gasteiger partial charge on any atom is 0.230 e. The van der Waals surface area contributed by atoms with E-state index in [1.165, 1.54) is 10.5 Å². The Bertz CT molecular complexity index is 667. The van der Waals surface area contributed by atoms with Crippen LogP contribution < -0.4 is 4.90 Å². The van der Waals surface area contributed by atoms with Crippen LogP contribution in [-0.4, -0.2) is 29.0 Å². The van der Waals surface area contributed by atoms with Gasteiger partial charge in [-0.25, -0.2) is 0 Å². The summed E-state index contributed by atoms with van der Waals surface area (Å²) in [6, 6.07) is 8.10. The summed E-state index contributed by atoms with van der Waals surface area (Å²) in [5, 5.41) is 4.19. The van der Waals surface area contributed by atoms with E-state index in [4.69, 9.17) is 0 Å². The van der Waals surface area contributed by atoms with Crippen molar-refractivity contribution < 1.29 is 4.79 Å². The smallest absolute Gasteiger partial charge is 0.230 e. The van der Waals surface area contributed by atoms with E-state index < -0.39 is 0 Å². The molecule has 2 aromatic rings. The van der Waals surface area contributed by atoms with Gasteiger partial charge in [0.25, 0.3) is 0 Å². The molecule has 0 radical (unpaired) electrons. The number of hydrogen-bond acceptors (Lipinski definition) is 3. The second-order valence-corrected chi connectivity index (χ2v) is 6.37. The fraction of sp³-hybridized carbons (Fsp3) is 0.375. The summed E-state index contributed by atoms with van der Waals surface area (Å²) in [6.07, 6.45) is 6.84. The van der Waals surface area contributed by atoms with Crippen molar-refractivity contribution in [2.45, 2.75) is 17.2 Å². The molecular weight excluding hydrogens is 282 g/mol. The van der Waals surface area contributed by atoms with Crippen LogP contribution in [0.25, 0.3) is 0 Å². The van der Waals surface area contributed by atoms with Gasteiger partial charge in [-0.3, -0.25) is 9.48 Å². The van der Waals surface area contributed by atoms with E-state index in [0.717, 1.165) is 12.1 Å². The number of benzene rings is 1. The topological polar surface area (TPSA) is 38.1 Å². The third-order valence-electron chi connectivity index (χ3n) is 4.03. The van der Waals surface area contributed by atoms with Gasteiger partial charge in [-0.1, -0.05) is 6.07 Å². The van der Waals surface area contributed by atoms with E-state index in [0.29, 0.717) is 5.92 Å². The van der Waals surface area contributed by atoms with Gasteiger partial charge in [0.15, 0.2) is 0 Å². The number of aryl methyl sites for hydroxylation is 1. The van der Waals surface area contributed by atoms with E-state index in [1.54, 1.807) is 21.3 Å². The molecule has 0 aliphatic heterocycles. The normalized spacial score (nSPS) is 20.3. The van der Waals surface area contributed by atoms with Crippen LogP contribution in [0.5, 0.6) is 0 Å². The Balaban J connectivity index is 1.71. The molecule has 1 heterocycles. The molecule has 1 saturated carbocycles. The van der Waals surface area contributed by atoms with E-state index >= 15 is 0 Å². The van der Waals surface area contributed by atoms with Crippen LogP contribution in [0, 0.1) is 5.92 Å². The van der Waals surface area contributed by atoms with Gasteiger partial charge >= 0.3 is 0 Å². The average Bonchev–Trinajstić information content (AvgIpc) is 3.20. The largest absolute Gasteiger partial charge is 0.315 e. The van der Waals surface area contributed by atoms with E-state index in [9.17, 15) is 4.79 Å². The fourth-order valence-corrected chi connectivity index (χ4v) is 3.12. The molecule has 110 valence electrons. The number of nitrogens with zero attached hydrogens (tertiary/aromatic N) is 3. The van der Waals surface area contributed by atoms with Crippen LogP contribution in [0.2, 0.25) is 0 Å². The number of hydrogen-bond donors (Lipinski definition) is 0. The Hall–Kier alpha value is -1.75. The van der Waals surface area contributed by atoms with Gasteiger partial charge in [0, 0.05) is 36.8 Å². The summed E-state index contributed by atoms with van der Waals surface area (Å²) in [7, 11) is 3.77. The number of amides is 1. The van der Waals surface area contributed by atoms with E-state index in [2.05, 4.69) is 17.2 Å². The van der Waals surface area contributed by atoms with Crippen molar-refractivity contribution in [1.82, 2.24) is 9.78 Å². The van der Waals surface area contributed by atoms with Crippen molar-refractivity contribution in [2.24, 2.45) is 13.0 Å². The minimum Gasteiger partial charge on any atom is -0.315 e. The maximum absolute atomic E-state index is 12.6. The molecule has 0 spiro atoms. The highest BCUT2D eigenvalue weighted by Gasteiger charge is 2.46. The second kappa shape index (κ2) is 5.56. The highest BCUT2D eigenvalue weighted by Crippen LogP contribution is 2.48. The lowest BCUT2D eigenvalue weighted by Gasteiger charge is -2.18. The Labute approximate surface area is 129 Å². The molecule has 4 nitrogen and oxygen atoms in total. The third kappa shape index (κ3) is 2.83. The summed E-state index contributed by atoms with van der Waals surface area (Å²) < 4.78 is 1.79. The highest BCUT2D eigenvalue weighted by molar-refractivity contribution is 7.98. The Morgan fingerprint density at radius 1 is 1.48 bits per heavy atom. The zero-order valence-corrected chi connectivity index (χ0v) is 13.3. The van der Waals surface area contributed by atoms with Crippen LogP contribution in [0.4, 0.5) is 5.69 Å². The van der Waals surface area contributed by atoms with Gasteiger partial charge < -0.3 is 4.90 Å². The van der Waals surface area contributed by atoms with Crippen molar-refractivity contribution in [1.29, 1.82) is 0 Å². The van der Waals surface area contributed by atoms with Crippen LogP contribution in [0.1, 0.15) is 17.9 Å². The zero-order chi connectivity index (χ0) is 15.0. The highest BCUT2D eigenvalue weighted by atomic mass is 32.2. The number of carbonyl (C=O) groups excluding carboxylic acids is 1. The number of anilines is 1. The van der Waals surface area contributed by atoms with Crippen LogP contribution >= 0.6 is 11.8 Å². The Morgan fingerprint density at radius 3 is 2.95 bits per heavy atom. The minimum atomic E-state index is 0.0946. The summed E-state index contributed by atoms with van der Waals surface area (Å²) in [5.41, 5.74) is 2.13. The molecule has 1 aliphatic carbocycles. The van der Waals surface area contributed by atoms with Gasteiger partial charge in [0.05, 0.1) is 6.20 Å². The van der Waals surface area contributed by atoms with Gasteiger partial charge in [0.1, 0.15) is 0 Å². The Kier molecular flexibility index (Phi) is 3.76. The predicted molar refractivity (Wildman–Crippen MR) is 85.7 cm³/mol. The van der Waals surface area contributed by atoms with Gasteiger partial charge in [-0.05, 0) is 42.4 Å². The number of carbonyl (C=O) groups is 1. The quantitative estimate of drug-likeness (QED) is 0.815. The molecule has 1 aromatic carbocycles. The van der Waals surface area contributed by atoms with Gasteiger partial charge in [-0.15, -0.1) is 11.8 Å². The van der Waals surface area contributed by atoms with Crippen molar-refractivity contribution in [3.05, 3.63) is 42.2 Å². The lowest BCUT2D eigenvalue weighted by Crippen LogP contribution is -2.28. The molecule has 0 saturated heterocycles. The second-order valence-electron chi connectivity index (χ2n) is 5.49. The summed E-state index contributed by atoms with van der Waals surface area (Å²) in [4.78, 5) is 15.5. The molecule has 0 unspecified atom stereocenters. The third-order valence-corrected chi connectivity index (χ3v) is 4.76. The first kappa shape index (κ1) is 14.2. The van der Waals surface area contributed by atoms with E-state index in [-0.39, 0.29) is 11.8 Å². The first-order valence-electron chi connectivity index (χ1n) is 7.00. The number of thioether (sulfide) groups is 1. The summed E-state index contributed by atoms with van der Waals surface area (Å²) >= 11 is 1.69. The minimum absolute atomic E-state index is 0.0946. The molecule has 2 atom stereocenters. The molecular formula is C16H19N3OS. The molecule has 1 fully saturated rings. The first-order valence-corrected chi connectivity index (χ1v) is 8.23. The lowest BCUT2D eigenvalue weighted by molar-refractivity contribution is -0.119. The van der Waals surface area contributed by atoms with E-state index in [1.807, 2.05) is 44.9 Å². The average molecular weight is 301 g/mol. The molecule has 0 N–H and O–H groups in total. The lowest BCUT2D eigenvalue weighted by atomic mass is 10.2. The monoisotopic (exact) mass is 301 g/mol. The number of rotatable bonds is 4. The van der Waals surface area contributed by atoms with Crippen LogP contribution in [0.15, 0.2) is 41.6 Å². The van der Waals surface area contributed by atoms with Crippen molar-refractivity contribution in [3.63, 3.8) is 0 Å². The standard InChI is InChI=1S/C16H19N3OS/c1-18-10-11(9-17-18)14-8-15(14)16(20)19(2)12-5-4-6-13(7-12)21-3/h4-7,9-10,14-15H,8H2,1-3H3/t14-,15-/m1/s1. The number of aromatic nitrogens is 2. The Morgan fingerprint density at radius 2 is 2.29 bits per heavy atom. The molecule has 21 heavy (non-hydrogen) atoms. The fourth-order valence-electron chi connectivity index (χ4n) is 2.66. The van der Waals surface area contributed by atoms with Gasteiger partial charge in [-0.2, -0.15) is 5.10 Å². The molecule has 1 aliphatic rings. The molecule has 1 aromatic heterocycles. The molecule has 0 bridgehead atoms. The summed E-state index contributed by atoms with van der Waals surface area (Å²) in [6.45, 7) is 0. The predicted octanol–water partition coefficient (Wildman–Crippen LogP) is 2.91. The van der Waals surface area contributed by atoms with Crippen molar-refractivity contribution >= 4 is 23.4 Å². The summed E-state index contributed by atoms with van der Waals surface area (Å²) in [5.74, 6) is 0.622. The molecule has 1 amide bonds. The van der Waals surface area contributed by atoms with Crippen molar-refractivity contribution in [2.75, 3.05) is 18.2 Å². The molecule has 3 rings (SSSR count). The molecule has 5 heteroatoms. The van der Waals surface area contributed by atoms with Crippen molar-refractivity contribution in [3.8, 4) is 0 Å². The first-order chi connectivity index (χ1) is 10.1. The van der Waals surface area contributed by atoms with Crippen LogP contribution in [-0.2, 0) is 11.8 Å². The zero-order valence-electron chi connectivity index (χ0n) is 12.5. The SMILES string of the molecule is CSc1cccc(N(C)C(=O)[C@@H]2C[C@@H]2c2cnn(C)c2)c1. The van der Waals surface area contributed by atoms with Gasteiger partial charge in [0.2, 0.25) is 5.91 Å². The maximum atomic E-state index is 12.6.